The normalized spacial score (nSPS) is 10.8. The number of aryl methyl sites for hydroxylation is 1. The lowest BCUT2D eigenvalue weighted by atomic mass is 10.0. The third kappa shape index (κ3) is 2.35. The molecule has 0 bridgehead atoms. The minimum absolute atomic E-state index is 0.0450. The molecule has 0 aliphatic rings. The Hall–Kier alpha value is -1.52. The lowest BCUT2D eigenvalue weighted by Crippen LogP contribution is -2.05. The number of aliphatic carboxylic acids is 1. The lowest BCUT2D eigenvalue weighted by molar-refractivity contribution is -0.136. The van der Waals surface area contributed by atoms with Crippen molar-refractivity contribution in [3.05, 3.63) is 11.3 Å². The number of rotatable bonds is 5. The van der Waals surface area contributed by atoms with E-state index in [-0.39, 0.29) is 12.3 Å². The monoisotopic (exact) mass is 226 g/mol. The molecule has 1 heterocycles. The van der Waals surface area contributed by atoms with Crippen LogP contribution >= 0.6 is 0 Å². The predicted molar refractivity (Wildman–Crippen MR) is 59.9 cm³/mol. The van der Waals surface area contributed by atoms with Crippen LogP contribution in [0, 0.1) is 0 Å². The first-order valence-corrected chi connectivity index (χ1v) is 5.36. The van der Waals surface area contributed by atoms with Crippen LogP contribution in [0.5, 0.6) is 5.88 Å². The van der Waals surface area contributed by atoms with E-state index >= 15 is 0 Å². The first kappa shape index (κ1) is 12.5. The van der Waals surface area contributed by atoms with Gasteiger partial charge in [-0.25, -0.2) is 4.68 Å². The number of methoxy groups -OCH3 is 1. The zero-order chi connectivity index (χ0) is 12.3. The van der Waals surface area contributed by atoms with Crippen LogP contribution in [0.15, 0.2) is 0 Å². The van der Waals surface area contributed by atoms with E-state index in [4.69, 9.17) is 9.84 Å². The Balaban J connectivity index is 3.26. The van der Waals surface area contributed by atoms with Gasteiger partial charge in [-0.3, -0.25) is 4.79 Å². The minimum atomic E-state index is -0.865. The maximum Gasteiger partial charge on any atom is 0.308 e. The molecule has 0 saturated heterocycles. The Bertz CT molecular complexity index is 383. The van der Waals surface area contributed by atoms with Crippen LogP contribution in [0.4, 0.5) is 0 Å². The lowest BCUT2D eigenvalue weighted by Gasteiger charge is -2.05. The summed E-state index contributed by atoms with van der Waals surface area (Å²) in [5.41, 5.74) is 1.49. The van der Waals surface area contributed by atoms with Crippen LogP contribution < -0.4 is 4.74 Å². The highest BCUT2D eigenvalue weighted by molar-refractivity contribution is 5.71. The molecule has 0 amide bonds. The van der Waals surface area contributed by atoms with Crippen LogP contribution in [0.1, 0.15) is 37.9 Å². The Kier molecular flexibility index (Phi) is 3.93. The molecule has 0 radical (unpaired) electrons. The molecule has 1 N–H and O–H groups in total. The molecule has 0 aromatic carbocycles. The van der Waals surface area contributed by atoms with Crippen LogP contribution in [0.3, 0.4) is 0 Å². The zero-order valence-corrected chi connectivity index (χ0v) is 10.1. The smallest absolute Gasteiger partial charge is 0.308 e. The number of aromatic nitrogens is 2. The molecule has 90 valence electrons. The number of ether oxygens (including phenoxy) is 1. The molecule has 5 heteroatoms. The van der Waals surface area contributed by atoms with E-state index in [9.17, 15) is 4.79 Å². The summed E-state index contributed by atoms with van der Waals surface area (Å²) < 4.78 is 6.94. The van der Waals surface area contributed by atoms with Gasteiger partial charge in [0.2, 0.25) is 5.88 Å². The van der Waals surface area contributed by atoms with Crippen molar-refractivity contribution < 1.29 is 14.6 Å². The van der Waals surface area contributed by atoms with Crippen LogP contribution in [-0.2, 0) is 17.8 Å². The number of hydrogen-bond donors (Lipinski definition) is 1. The van der Waals surface area contributed by atoms with Gasteiger partial charge in [-0.2, -0.15) is 5.10 Å². The predicted octanol–water partition coefficient (Wildman–Crippen LogP) is 1.66. The Morgan fingerprint density at radius 2 is 2.19 bits per heavy atom. The summed E-state index contributed by atoms with van der Waals surface area (Å²) in [5, 5.41) is 13.3. The third-order valence-electron chi connectivity index (χ3n) is 2.40. The van der Waals surface area contributed by atoms with Gasteiger partial charge in [-0.15, -0.1) is 0 Å². The second-order valence-corrected chi connectivity index (χ2v) is 3.91. The maximum atomic E-state index is 10.8. The Morgan fingerprint density at radius 3 is 2.56 bits per heavy atom. The zero-order valence-electron chi connectivity index (χ0n) is 10.1. The van der Waals surface area contributed by atoms with Crippen molar-refractivity contribution in [1.82, 2.24) is 9.78 Å². The van der Waals surface area contributed by atoms with Gasteiger partial charge in [0.1, 0.15) is 0 Å². The van der Waals surface area contributed by atoms with Crippen molar-refractivity contribution in [2.24, 2.45) is 0 Å². The summed E-state index contributed by atoms with van der Waals surface area (Å²) in [6.45, 7) is 6.60. The third-order valence-corrected chi connectivity index (χ3v) is 2.40. The molecule has 1 aromatic rings. The summed E-state index contributed by atoms with van der Waals surface area (Å²) >= 11 is 0. The summed E-state index contributed by atoms with van der Waals surface area (Å²) in [6, 6.07) is 0. The van der Waals surface area contributed by atoms with Gasteiger partial charge in [0, 0.05) is 12.1 Å². The molecule has 0 aliphatic carbocycles. The number of carboxylic acid groups (broad SMARTS) is 1. The minimum Gasteiger partial charge on any atom is -0.481 e. The van der Waals surface area contributed by atoms with E-state index in [0.717, 1.165) is 5.69 Å². The van der Waals surface area contributed by atoms with Gasteiger partial charge < -0.3 is 9.84 Å². The van der Waals surface area contributed by atoms with Crippen LogP contribution in [0.25, 0.3) is 0 Å². The average Bonchev–Trinajstić information content (AvgIpc) is 2.54. The summed E-state index contributed by atoms with van der Waals surface area (Å²) in [7, 11) is 1.54. The molecule has 0 fully saturated rings. The van der Waals surface area contributed by atoms with E-state index in [2.05, 4.69) is 5.10 Å². The molecular formula is C11H18N2O3. The second-order valence-electron chi connectivity index (χ2n) is 3.91. The quantitative estimate of drug-likeness (QED) is 0.829. The van der Waals surface area contributed by atoms with E-state index in [1.54, 1.807) is 11.8 Å². The van der Waals surface area contributed by atoms with E-state index in [0.29, 0.717) is 18.0 Å². The summed E-state index contributed by atoms with van der Waals surface area (Å²) in [6.07, 6.45) is -0.0450. The first-order valence-electron chi connectivity index (χ1n) is 5.36. The molecule has 0 aliphatic heterocycles. The van der Waals surface area contributed by atoms with E-state index < -0.39 is 5.97 Å². The number of carbonyl (C=O) groups is 1. The maximum absolute atomic E-state index is 10.8. The SMILES string of the molecule is CCn1nc(C(C)C)c(CC(=O)O)c1OC. The largest absolute Gasteiger partial charge is 0.481 e. The average molecular weight is 226 g/mol. The van der Waals surface area contributed by atoms with E-state index in [1.165, 1.54) is 0 Å². The first-order chi connectivity index (χ1) is 7.51. The number of hydrogen-bond acceptors (Lipinski definition) is 3. The van der Waals surface area contributed by atoms with Gasteiger partial charge in [-0.05, 0) is 12.8 Å². The highest BCUT2D eigenvalue weighted by Crippen LogP contribution is 2.28. The fourth-order valence-electron chi connectivity index (χ4n) is 1.73. The van der Waals surface area contributed by atoms with E-state index in [1.807, 2.05) is 20.8 Å². The topological polar surface area (TPSA) is 64.4 Å². The summed E-state index contributed by atoms with van der Waals surface area (Å²) in [5.74, 6) is -0.111. The molecular weight excluding hydrogens is 208 g/mol. The van der Waals surface area contributed by atoms with Crippen molar-refractivity contribution in [2.75, 3.05) is 7.11 Å². The van der Waals surface area contributed by atoms with Crippen molar-refractivity contribution in [3.8, 4) is 5.88 Å². The molecule has 16 heavy (non-hydrogen) atoms. The second kappa shape index (κ2) is 5.01. The molecule has 0 saturated carbocycles. The molecule has 5 nitrogen and oxygen atoms in total. The molecule has 0 spiro atoms. The van der Waals surface area contributed by atoms with Crippen LogP contribution in [0.2, 0.25) is 0 Å². The summed E-state index contributed by atoms with van der Waals surface area (Å²) in [4.78, 5) is 10.8. The highest BCUT2D eigenvalue weighted by Gasteiger charge is 2.21. The highest BCUT2D eigenvalue weighted by atomic mass is 16.5. The Morgan fingerprint density at radius 1 is 1.56 bits per heavy atom. The van der Waals surface area contributed by atoms with Gasteiger partial charge >= 0.3 is 5.97 Å². The van der Waals surface area contributed by atoms with Gasteiger partial charge in [-0.1, -0.05) is 13.8 Å². The fourth-order valence-corrected chi connectivity index (χ4v) is 1.73. The van der Waals surface area contributed by atoms with Crippen molar-refractivity contribution in [1.29, 1.82) is 0 Å². The molecule has 1 rings (SSSR count). The fraction of sp³-hybridized carbons (Fsp3) is 0.636. The van der Waals surface area contributed by atoms with Gasteiger partial charge in [0.05, 0.1) is 19.2 Å². The van der Waals surface area contributed by atoms with Crippen molar-refractivity contribution >= 4 is 5.97 Å². The number of carboxylic acids is 1. The number of nitrogens with zero attached hydrogens (tertiary/aromatic N) is 2. The van der Waals surface area contributed by atoms with Crippen LogP contribution in [-0.4, -0.2) is 28.0 Å². The van der Waals surface area contributed by atoms with Crippen molar-refractivity contribution in [3.63, 3.8) is 0 Å². The standard InChI is InChI=1S/C11H18N2O3/c1-5-13-11(16-4)8(6-9(14)15)10(12-13)7(2)3/h7H,5-6H2,1-4H3,(H,14,15). The molecule has 1 aromatic heterocycles. The molecule has 0 atom stereocenters. The van der Waals surface area contributed by atoms with Gasteiger partial charge in [0.25, 0.3) is 0 Å². The Labute approximate surface area is 95.0 Å². The van der Waals surface area contributed by atoms with Gasteiger partial charge in [0.15, 0.2) is 0 Å². The molecule has 0 unspecified atom stereocenters. The van der Waals surface area contributed by atoms with Crippen molar-refractivity contribution in [2.45, 2.75) is 39.7 Å².